The van der Waals surface area contributed by atoms with Crippen molar-refractivity contribution < 1.29 is 4.79 Å². The van der Waals surface area contributed by atoms with Crippen molar-refractivity contribution in [3.8, 4) is 0 Å². The van der Waals surface area contributed by atoms with Gasteiger partial charge in [0.15, 0.2) is 0 Å². The monoisotopic (exact) mass is 312 g/mol. The average Bonchev–Trinajstić information content (AvgIpc) is 2.38. The lowest BCUT2D eigenvalue weighted by Gasteiger charge is -2.32. The van der Waals surface area contributed by atoms with Gasteiger partial charge in [0.25, 0.3) is 0 Å². The van der Waals surface area contributed by atoms with Crippen molar-refractivity contribution in [1.29, 1.82) is 0 Å². The van der Waals surface area contributed by atoms with E-state index in [9.17, 15) is 4.79 Å². The van der Waals surface area contributed by atoms with E-state index < -0.39 is 0 Å². The highest BCUT2D eigenvalue weighted by atomic mass is 79.9. The molecule has 1 unspecified atom stereocenters. The van der Waals surface area contributed by atoms with Gasteiger partial charge in [-0.15, -0.1) is 0 Å². The molecule has 2 rings (SSSR count). The average molecular weight is 313 g/mol. The topological polar surface area (TPSA) is 72.1 Å². The van der Waals surface area contributed by atoms with Gasteiger partial charge in [0.05, 0.1) is 5.92 Å². The van der Waals surface area contributed by atoms with Crippen molar-refractivity contribution in [2.75, 3.05) is 18.0 Å². The minimum Gasteiger partial charge on any atom is -0.369 e. The summed E-state index contributed by atoms with van der Waals surface area (Å²) in [6.45, 7) is 3.59. The van der Waals surface area contributed by atoms with Gasteiger partial charge < -0.3 is 10.6 Å². The number of halogens is 1. The van der Waals surface area contributed by atoms with Gasteiger partial charge in [0.1, 0.15) is 16.2 Å². The van der Waals surface area contributed by atoms with Crippen LogP contribution < -0.4 is 10.6 Å². The van der Waals surface area contributed by atoms with E-state index in [4.69, 9.17) is 5.73 Å². The van der Waals surface area contributed by atoms with Crippen molar-refractivity contribution in [3.63, 3.8) is 0 Å². The van der Waals surface area contributed by atoms with Gasteiger partial charge in [-0.3, -0.25) is 4.79 Å². The lowest BCUT2D eigenvalue weighted by Crippen LogP contribution is -2.41. The summed E-state index contributed by atoms with van der Waals surface area (Å²) in [6, 6.07) is 1.89. The summed E-state index contributed by atoms with van der Waals surface area (Å²) in [4.78, 5) is 22.2. The standard InChI is InChI=1S/C12H17BrN4O/c1-2-10-15-9(13)6-11(16-10)17-5-3-4-8(7-17)12(14)18/h6,8H,2-5,7H2,1H3,(H2,14,18). The Balaban J connectivity index is 2.20. The molecule has 1 aromatic rings. The number of carbonyl (C=O) groups excluding carboxylic acids is 1. The van der Waals surface area contributed by atoms with E-state index in [2.05, 4.69) is 30.8 Å². The molecule has 0 aliphatic carbocycles. The van der Waals surface area contributed by atoms with Gasteiger partial charge in [-0.2, -0.15) is 0 Å². The SMILES string of the molecule is CCc1nc(Br)cc(N2CCCC(C(N)=O)C2)n1. The van der Waals surface area contributed by atoms with Gasteiger partial charge >= 0.3 is 0 Å². The number of hydrogen-bond donors (Lipinski definition) is 1. The third kappa shape index (κ3) is 2.98. The zero-order valence-electron chi connectivity index (χ0n) is 10.4. The Bertz CT molecular complexity index is 452. The smallest absolute Gasteiger partial charge is 0.222 e. The van der Waals surface area contributed by atoms with Crippen LogP contribution in [0.1, 0.15) is 25.6 Å². The van der Waals surface area contributed by atoms with Crippen molar-refractivity contribution >= 4 is 27.7 Å². The fraction of sp³-hybridized carbons (Fsp3) is 0.583. The number of primary amides is 1. The third-order valence-corrected chi connectivity index (χ3v) is 3.60. The number of amides is 1. The molecular formula is C12H17BrN4O. The van der Waals surface area contributed by atoms with Gasteiger partial charge in [-0.05, 0) is 28.8 Å². The minimum atomic E-state index is -0.219. The number of hydrogen-bond acceptors (Lipinski definition) is 4. The lowest BCUT2D eigenvalue weighted by atomic mass is 9.97. The molecule has 1 aliphatic rings. The maximum atomic E-state index is 11.3. The van der Waals surface area contributed by atoms with Crippen molar-refractivity contribution in [2.24, 2.45) is 11.7 Å². The molecule has 18 heavy (non-hydrogen) atoms. The largest absolute Gasteiger partial charge is 0.369 e. The molecule has 6 heteroatoms. The van der Waals surface area contributed by atoms with E-state index in [-0.39, 0.29) is 11.8 Å². The molecule has 1 amide bonds. The summed E-state index contributed by atoms with van der Waals surface area (Å²) in [5.41, 5.74) is 5.39. The fourth-order valence-electron chi connectivity index (χ4n) is 2.19. The van der Waals surface area contributed by atoms with Gasteiger partial charge in [-0.1, -0.05) is 6.92 Å². The quantitative estimate of drug-likeness (QED) is 0.859. The second-order valence-electron chi connectivity index (χ2n) is 4.51. The van der Waals surface area contributed by atoms with Crippen LogP contribution in [-0.2, 0) is 11.2 Å². The van der Waals surface area contributed by atoms with Crippen LogP contribution in [-0.4, -0.2) is 29.0 Å². The van der Waals surface area contributed by atoms with Crippen molar-refractivity contribution in [1.82, 2.24) is 9.97 Å². The highest BCUT2D eigenvalue weighted by Crippen LogP contribution is 2.23. The molecule has 0 bridgehead atoms. The molecular weight excluding hydrogens is 296 g/mol. The molecule has 1 aromatic heterocycles. The van der Waals surface area contributed by atoms with Gasteiger partial charge in [0.2, 0.25) is 5.91 Å². The van der Waals surface area contributed by atoms with Crippen LogP contribution in [0.2, 0.25) is 0 Å². The molecule has 0 radical (unpaired) electrons. The Kier molecular flexibility index (Phi) is 4.16. The zero-order valence-corrected chi connectivity index (χ0v) is 12.0. The number of rotatable bonds is 3. The molecule has 2 heterocycles. The predicted octanol–water partition coefficient (Wildman–Crippen LogP) is 1.50. The minimum absolute atomic E-state index is 0.0717. The van der Waals surface area contributed by atoms with E-state index in [0.717, 1.165) is 42.1 Å². The second kappa shape index (κ2) is 5.65. The van der Waals surface area contributed by atoms with E-state index in [1.807, 2.05) is 13.0 Å². The summed E-state index contributed by atoms with van der Waals surface area (Å²) >= 11 is 3.40. The first-order valence-corrected chi connectivity index (χ1v) is 6.97. The molecule has 5 nitrogen and oxygen atoms in total. The van der Waals surface area contributed by atoms with Crippen LogP contribution in [0.5, 0.6) is 0 Å². The number of aromatic nitrogens is 2. The summed E-state index contributed by atoms with van der Waals surface area (Å²) in [7, 11) is 0. The van der Waals surface area contributed by atoms with E-state index >= 15 is 0 Å². The number of anilines is 1. The number of aryl methyl sites for hydroxylation is 1. The summed E-state index contributed by atoms with van der Waals surface area (Å²) in [6.07, 6.45) is 2.63. The molecule has 2 N–H and O–H groups in total. The number of carbonyl (C=O) groups is 1. The summed E-state index contributed by atoms with van der Waals surface area (Å²) in [5, 5.41) is 0. The second-order valence-corrected chi connectivity index (χ2v) is 5.32. The van der Waals surface area contributed by atoms with Gasteiger partial charge in [0, 0.05) is 25.6 Å². The Morgan fingerprint density at radius 3 is 3.06 bits per heavy atom. The molecule has 0 spiro atoms. The Morgan fingerprint density at radius 2 is 2.39 bits per heavy atom. The van der Waals surface area contributed by atoms with Crippen LogP contribution in [0.15, 0.2) is 10.7 Å². The first-order valence-electron chi connectivity index (χ1n) is 6.18. The lowest BCUT2D eigenvalue weighted by molar-refractivity contribution is -0.122. The fourth-order valence-corrected chi connectivity index (χ4v) is 2.60. The van der Waals surface area contributed by atoms with Crippen LogP contribution in [0, 0.1) is 5.92 Å². The molecule has 0 saturated carbocycles. The first-order chi connectivity index (χ1) is 8.60. The zero-order chi connectivity index (χ0) is 13.1. The van der Waals surface area contributed by atoms with E-state index in [0.29, 0.717) is 6.54 Å². The summed E-state index contributed by atoms with van der Waals surface area (Å²) < 4.78 is 0.783. The normalized spacial score (nSPS) is 19.9. The van der Waals surface area contributed by atoms with Gasteiger partial charge in [-0.25, -0.2) is 9.97 Å². The van der Waals surface area contributed by atoms with Crippen LogP contribution >= 0.6 is 15.9 Å². The predicted molar refractivity (Wildman–Crippen MR) is 73.2 cm³/mol. The Labute approximate surface area is 115 Å². The van der Waals surface area contributed by atoms with Crippen LogP contribution in [0.4, 0.5) is 5.82 Å². The molecule has 1 saturated heterocycles. The number of piperidine rings is 1. The highest BCUT2D eigenvalue weighted by molar-refractivity contribution is 9.10. The highest BCUT2D eigenvalue weighted by Gasteiger charge is 2.25. The number of nitrogens with two attached hydrogens (primary N) is 1. The Morgan fingerprint density at radius 1 is 1.61 bits per heavy atom. The molecule has 1 atom stereocenters. The maximum Gasteiger partial charge on any atom is 0.222 e. The molecule has 1 aliphatic heterocycles. The summed E-state index contributed by atoms with van der Waals surface area (Å²) in [5.74, 6) is 1.39. The van der Waals surface area contributed by atoms with Crippen LogP contribution in [0.25, 0.3) is 0 Å². The van der Waals surface area contributed by atoms with Crippen molar-refractivity contribution in [3.05, 3.63) is 16.5 Å². The van der Waals surface area contributed by atoms with Crippen LogP contribution in [0.3, 0.4) is 0 Å². The molecule has 98 valence electrons. The van der Waals surface area contributed by atoms with E-state index in [1.54, 1.807) is 0 Å². The Hall–Kier alpha value is -1.17. The molecule has 1 fully saturated rings. The van der Waals surface area contributed by atoms with E-state index in [1.165, 1.54) is 0 Å². The third-order valence-electron chi connectivity index (χ3n) is 3.19. The number of nitrogens with zero attached hydrogens (tertiary/aromatic N) is 3. The maximum absolute atomic E-state index is 11.3. The molecule has 0 aromatic carbocycles. The first kappa shape index (κ1) is 13.3. The van der Waals surface area contributed by atoms with Crippen molar-refractivity contribution in [2.45, 2.75) is 26.2 Å².